The number of carbonyl (C=O) groups excluding carboxylic acids is 1. The molecule has 5 heteroatoms. The molecule has 0 aliphatic carbocycles. The second-order valence-electron chi connectivity index (χ2n) is 4.15. The number of rotatable bonds is 3. The Morgan fingerprint density at radius 2 is 2.22 bits per heavy atom. The molecule has 1 N–H and O–H groups in total. The maximum Gasteiger partial charge on any atom is 0.251 e. The van der Waals surface area contributed by atoms with Crippen molar-refractivity contribution in [2.24, 2.45) is 7.05 Å². The summed E-state index contributed by atoms with van der Waals surface area (Å²) in [5, 5.41) is 6.93. The molecule has 0 bridgehead atoms. The molecular formula is C13H14BrN3O. The third-order valence-electron chi connectivity index (χ3n) is 2.66. The van der Waals surface area contributed by atoms with Crippen molar-refractivity contribution >= 4 is 21.8 Å². The minimum absolute atomic E-state index is 0.0828. The molecule has 0 saturated heterocycles. The molecular weight excluding hydrogens is 294 g/mol. The highest BCUT2D eigenvalue weighted by molar-refractivity contribution is 9.10. The number of amides is 1. The number of nitrogens with one attached hydrogen (secondary N) is 1. The summed E-state index contributed by atoms with van der Waals surface area (Å²) >= 11 is 3.39. The van der Waals surface area contributed by atoms with E-state index in [2.05, 4.69) is 26.3 Å². The molecule has 1 heterocycles. The fourth-order valence-corrected chi connectivity index (χ4v) is 2.32. The molecule has 0 fully saturated rings. The standard InChI is InChI=1S/C13H14BrN3O/c1-9-5-10(7-11(14)6-9)13(18)15-8-12-3-4-16-17(12)2/h3-7H,8H2,1-2H3,(H,15,18). The molecule has 0 unspecified atom stereocenters. The van der Waals surface area contributed by atoms with Crippen LogP contribution >= 0.6 is 15.9 Å². The normalized spacial score (nSPS) is 10.4. The first-order valence-electron chi connectivity index (χ1n) is 5.58. The Bertz CT molecular complexity index is 557. The van der Waals surface area contributed by atoms with E-state index in [-0.39, 0.29) is 5.91 Å². The quantitative estimate of drug-likeness (QED) is 0.946. The van der Waals surface area contributed by atoms with Crippen LogP contribution in [0, 0.1) is 6.92 Å². The van der Waals surface area contributed by atoms with Gasteiger partial charge in [-0.05, 0) is 36.8 Å². The van der Waals surface area contributed by atoms with Crippen molar-refractivity contribution in [3.63, 3.8) is 0 Å². The van der Waals surface area contributed by atoms with Crippen LogP contribution in [0.15, 0.2) is 34.9 Å². The summed E-state index contributed by atoms with van der Waals surface area (Å²) < 4.78 is 2.65. The topological polar surface area (TPSA) is 46.9 Å². The van der Waals surface area contributed by atoms with Gasteiger partial charge in [-0.2, -0.15) is 5.10 Å². The monoisotopic (exact) mass is 307 g/mol. The van der Waals surface area contributed by atoms with Gasteiger partial charge in [0.1, 0.15) is 0 Å². The average molecular weight is 308 g/mol. The van der Waals surface area contributed by atoms with E-state index in [1.807, 2.05) is 38.2 Å². The third-order valence-corrected chi connectivity index (χ3v) is 3.11. The summed E-state index contributed by atoms with van der Waals surface area (Å²) in [6.07, 6.45) is 1.71. The lowest BCUT2D eigenvalue weighted by Gasteiger charge is -2.07. The number of carbonyl (C=O) groups is 1. The van der Waals surface area contributed by atoms with E-state index in [9.17, 15) is 4.79 Å². The minimum atomic E-state index is -0.0828. The average Bonchev–Trinajstić information content (AvgIpc) is 2.70. The maximum absolute atomic E-state index is 12.0. The van der Waals surface area contributed by atoms with Gasteiger partial charge in [0.15, 0.2) is 0 Å². The van der Waals surface area contributed by atoms with Crippen LogP contribution in [-0.2, 0) is 13.6 Å². The number of hydrogen-bond acceptors (Lipinski definition) is 2. The number of aromatic nitrogens is 2. The van der Waals surface area contributed by atoms with Gasteiger partial charge in [0.2, 0.25) is 0 Å². The highest BCUT2D eigenvalue weighted by Gasteiger charge is 2.07. The summed E-state index contributed by atoms with van der Waals surface area (Å²) in [6.45, 7) is 2.43. The van der Waals surface area contributed by atoms with Crippen LogP contribution in [0.2, 0.25) is 0 Å². The van der Waals surface area contributed by atoms with E-state index in [0.29, 0.717) is 12.1 Å². The van der Waals surface area contributed by atoms with Gasteiger partial charge in [0.05, 0.1) is 12.2 Å². The molecule has 1 amide bonds. The van der Waals surface area contributed by atoms with Gasteiger partial charge < -0.3 is 5.32 Å². The van der Waals surface area contributed by atoms with Crippen LogP contribution in [0.3, 0.4) is 0 Å². The lowest BCUT2D eigenvalue weighted by molar-refractivity contribution is 0.0950. The Labute approximate surface area is 114 Å². The minimum Gasteiger partial charge on any atom is -0.346 e. The van der Waals surface area contributed by atoms with Gasteiger partial charge in [-0.3, -0.25) is 9.48 Å². The molecule has 0 aliphatic heterocycles. The first-order valence-corrected chi connectivity index (χ1v) is 6.38. The third kappa shape index (κ3) is 2.98. The van der Waals surface area contributed by atoms with Crippen LogP contribution in [0.5, 0.6) is 0 Å². The Hall–Kier alpha value is -1.62. The zero-order valence-electron chi connectivity index (χ0n) is 10.3. The van der Waals surface area contributed by atoms with Crippen LogP contribution in [-0.4, -0.2) is 15.7 Å². The first kappa shape index (κ1) is 12.8. The molecule has 1 aromatic heterocycles. The van der Waals surface area contributed by atoms with Crippen molar-refractivity contribution in [1.29, 1.82) is 0 Å². The summed E-state index contributed by atoms with van der Waals surface area (Å²) in [4.78, 5) is 12.0. The van der Waals surface area contributed by atoms with Crippen molar-refractivity contribution in [2.75, 3.05) is 0 Å². The molecule has 0 atom stereocenters. The predicted molar refractivity (Wildman–Crippen MR) is 73.3 cm³/mol. The zero-order chi connectivity index (χ0) is 13.1. The van der Waals surface area contributed by atoms with Gasteiger partial charge in [-0.25, -0.2) is 0 Å². The SMILES string of the molecule is Cc1cc(Br)cc(C(=O)NCc2ccnn2C)c1. The van der Waals surface area contributed by atoms with E-state index in [1.54, 1.807) is 10.9 Å². The molecule has 0 saturated carbocycles. The van der Waals surface area contributed by atoms with E-state index < -0.39 is 0 Å². The van der Waals surface area contributed by atoms with E-state index in [4.69, 9.17) is 0 Å². The Morgan fingerprint density at radius 3 is 2.83 bits per heavy atom. The Balaban J connectivity index is 2.06. The Morgan fingerprint density at radius 1 is 1.44 bits per heavy atom. The number of nitrogens with zero attached hydrogens (tertiary/aromatic N) is 2. The molecule has 4 nitrogen and oxygen atoms in total. The van der Waals surface area contributed by atoms with E-state index in [0.717, 1.165) is 15.7 Å². The summed E-state index contributed by atoms with van der Waals surface area (Å²) in [5.74, 6) is -0.0828. The van der Waals surface area contributed by atoms with Crippen molar-refractivity contribution in [3.05, 3.63) is 51.8 Å². The Kier molecular flexibility index (Phi) is 3.81. The molecule has 94 valence electrons. The smallest absolute Gasteiger partial charge is 0.251 e. The van der Waals surface area contributed by atoms with Crippen molar-refractivity contribution in [3.8, 4) is 0 Å². The van der Waals surface area contributed by atoms with Crippen molar-refractivity contribution in [2.45, 2.75) is 13.5 Å². The highest BCUT2D eigenvalue weighted by atomic mass is 79.9. The van der Waals surface area contributed by atoms with Crippen molar-refractivity contribution < 1.29 is 4.79 Å². The van der Waals surface area contributed by atoms with Gasteiger partial charge in [0, 0.05) is 23.3 Å². The highest BCUT2D eigenvalue weighted by Crippen LogP contribution is 2.15. The molecule has 1 aromatic carbocycles. The molecule has 2 aromatic rings. The summed E-state index contributed by atoms with van der Waals surface area (Å²) in [5.41, 5.74) is 2.68. The lowest BCUT2D eigenvalue weighted by atomic mass is 10.1. The number of benzene rings is 1. The van der Waals surface area contributed by atoms with Gasteiger partial charge in [-0.1, -0.05) is 15.9 Å². The molecule has 0 spiro atoms. The second-order valence-corrected chi connectivity index (χ2v) is 5.06. The molecule has 0 radical (unpaired) electrons. The van der Waals surface area contributed by atoms with Crippen LogP contribution in [0.25, 0.3) is 0 Å². The maximum atomic E-state index is 12.0. The molecule has 0 aliphatic rings. The van der Waals surface area contributed by atoms with Gasteiger partial charge in [0.25, 0.3) is 5.91 Å². The number of halogens is 1. The fourth-order valence-electron chi connectivity index (χ4n) is 1.72. The van der Waals surface area contributed by atoms with Crippen LogP contribution in [0.1, 0.15) is 21.6 Å². The van der Waals surface area contributed by atoms with E-state index >= 15 is 0 Å². The van der Waals surface area contributed by atoms with Gasteiger partial charge in [-0.15, -0.1) is 0 Å². The lowest BCUT2D eigenvalue weighted by Crippen LogP contribution is -2.24. The first-order chi connectivity index (χ1) is 8.56. The van der Waals surface area contributed by atoms with Crippen LogP contribution in [0.4, 0.5) is 0 Å². The second kappa shape index (κ2) is 5.35. The van der Waals surface area contributed by atoms with Gasteiger partial charge >= 0.3 is 0 Å². The summed E-state index contributed by atoms with van der Waals surface area (Å²) in [7, 11) is 1.85. The number of aryl methyl sites for hydroxylation is 2. The predicted octanol–water partition coefficient (Wildman–Crippen LogP) is 2.42. The molecule has 2 rings (SSSR count). The largest absolute Gasteiger partial charge is 0.346 e. The van der Waals surface area contributed by atoms with Crippen LogP contribution < -0.4 is 5.32 Å². The summed E-state index contributed by atoms with van der Waals surface area (Å²) in [6, 6.07) is 7.53. The van der Waals surface area contributed by atoms with E-state index in [1.165, 1.54) is 0 Å². The molecule has 18 heavy (non-hydrogen) atoms. The zero-order valence-corrected chi connectivity index (χ0v) is 11.9. The fraction of sp³-hybridized carbons (Fsp3) is 0.231. The number of hydrogen-bond donors (Lipinski definition) is 1. The van der Waals surface area contributed by atoms with Crippen molar-refractivity contribution in [1.82, 2.24) is 15.1 Å².